The van der Waals surface area contributed by atoms with Gasteiger partial charge >= 0.3 is 5.97 Å². The highest BCUT2D eigenvalue weighted by atomic mass is 16.8. The minimum atomic E-state index is -0.694. The van der Waals surface area contributed by atoms with Crippen LogP contribution in [-0.4, -0.2) is 72.3 Å². The quantitative estimate of drug-likeness (QED) is 0.223. The first kappa shape index (κ1) is 32.4. The van der Waals surface area contributed by atoms with E-state index < -0.39 is 30.1 Å². The number of amides is 2. The fraction of sp³-hybridized carbons (Fsp3) is 0.513. The lowest BCUT2D eigenvalue weighted by molar-refractivity contribution is -0.209. The summed E-state index contributed by atoms with van der Waals surface area (Å²) < 4.78 is 25.2. The van der Waals surface area contributed by atoms with Crippen molar-refractivity contribution in [2.75, 3.05) is 13.2 Å². The zero-order valence-corrected chi connectivity index (χ0v) is 27.6. The summed E-state index contributed by atoms with van der Waals surface area (Å²) in [5, 5.41) is 14.6. The first-order valence-electron chi connectivity index (χ1n) is 17.9. The van der Waals surface area contributed by atoms with Gasteiger partial charge in [0.05, 0.1) is 24.4 Å². The molecule has 5 fully saturated rings. The molecule has 2 heterocycles. The second-order valence-electron chi connectivity index (χ2n) is 14.4. The van der Waals surface area contributed by atoms with Crippen molar-refractivity contribution < 1.29 is 38.4 Å². The largest absolute Gasteiger partial charge is 0.456 e. The number of aliphatic hydroxyl groups excluding tert-OH is 1. The van der Waals surface area contributed by atoms with Gasteiger partial charge in [0.15, 0.2) is 5.79 Å². The van der Waals surface area contributed by atoms with Gasteiger partial charge in [-0.3, -0.25) is 9.59 Å². The van der Waals surface area contributed by atoms with Crippen LogP contribution >= 0.6 is 0 Å². The van der Waals surface area contributed by atoms with E-state index in [4.69, 9.17) is 24.1 Å². The number of nitrogens with one attached hydrogen (secondary N) is 2. The summed E-state index contributed by atoms with van der Waals surface area (Å²) in [6.45, 7) is 0.224. The summed E-state index contributed by atoms with van der Waals surface area (Å²) in [6.07, 6.45) is 13.2. The number of esters is 1. The van der Waals surface area contributed by atoms with Crippen LogP contribution in [0.4, 0.5) is 0 Å². The Kier molecular flexibility index (Phi) is 8.90. The summed E-state index contributed by atoms with van der Waals surface area (Å²) in [7, 11) is 0. The van der Waals surface area contributed by atoms with Crippen molar-refractivity contribution in [3.05, 3.63) is 88.5 Å². The Labute approximate surface area is 286 Å². The summed E-state index contributed by atoms with van der Waals surface area (Å²) in [4.78, 5) is 39.5. The van der Waals surface area contributed by atoms with Gasteiger partial charge in [-0.15, -0.1) is 0 Å². The van der Waals surface area contributed by atoms with Gasteiger partial charge in [-0.05, 0) is 92.3 Å². The molecule has 3 unspecified atom stereocenters. The number of fused-ring (bicyclic) bond motifs is 2. The first-order valence-corrected chi connectivity index (χ1v) is 17.9. The maximum Gasteiger partial charge on any atom is 0.338 e. The van der Waals surface area contributed by atoms with Crippen LogP contribution in [-0.2, 0) is 30.3 Å². The molecule has 3 saturated carbocycles. The molecule has 8 rings (SSSR count). The zero-order valence-electron chi connectivity index (χ0n) is 27.6. The maximum absolute atomic E-state index is 13.6. The second kappa shape index (κ2) is 13.5. The van der Waals surface area contributed by atoms with Gasteiger partial charge in [0.2, 0.25) is 5.91 Å². The number of hydrogen-bond donors (Lipinski definition) is 3. The third-order valence-corrected chi connectivity index (χ3v) is 10.8. The molecule has 2 aliphatic heterocycles. The van der Waals surface area contributed by atoms with E-state index in [9.17, 15) is 14.4 Å². The number of carbonyl (C=O) groups is 3. The monoisotopic (exact) mass is 668 g/mol. The van der Waals surface area contributed by atoms with Crippen LogP contribution < -0.4 is 10.6 Å². The number of allylic oxidation sites excluding steroid dienone is 1. The van der Waals surface area contributed by atoms with Crippen LogP contribution in [0.25, 0.3) is 6.08 Å². The SMILES string of the molecule is O=C(NCc1cccc(C(=O)NCCO)c1)C1=C[C@H]2OC(C3CC3)(C3CC3)O[C@H]2[C@H](OC(=O)c2ccc(C=CC3CCC4OC4C3)cc2)C1. The average Bonchev–Trinajstić information content (AvgIpc) is 3.99. The van der Waals surface area contributed by atoms with Crippen molar-refractivity contribution in [2.45, 2.75) is 94.2 Å². The van der Waals surface area contributed by atoms with Crippen molar-refractivity contribution >= 4 is 23.9 Å². The number of carbonyl (C=O) groups excluding carboxylic acids is 3. The highest BCUT2D eigenvalue weighted by Gasteiger charge is 2.64. The number of hydrogen-bond acceptors (Lipinski definition) is 8. The maximum atomic E-state index is 13.6. The Morgan fingerprint density at radius 3 is 2.43 bits per heavy atom. The average molecular weight is 669 g/mol. The van der Waals surface area contributed by atoms with E-state index in [1.807, 2.05) is 24.3 Å². The molecule has 2 amide bonds. The Bertz CT molecular complexity index is 1630. The van der Waals surface area contributed by atoms with Gasteiger partial charge < -0.3 is 34.7 Å². The summed E-state index contributed by atoms with van der Waals surface area (Å²) in [6, 6.07) is 14.4. The van der Waals surface area contributed by atoms with Crippen LogP contribution in [0.15, 0.2) is 66.3 Å². The third-order valence-electron chi connectivity index (χ3n) is 10.8. The number of rotatable bonds is 12. The molecule has 6 atom stereocenters. The molecule has 10 nitrogen and oxygen atoms in total. The molecular weight excluding hydrogens is 624 g/mol. The molecule has 49 heavy (non-hydrogen) atoms. The molecule has 0 bridgehead atoms. The molecule has 4 aliphatic carbocycles. The van der Waals surface area contributed by atoms with E-state index in [0.717, 1.165) is 56.1 Å². The standard InChI is InChI=1S/C39H44N2O8/c42-17-16-40-36(43)27-3-1-2-25(18-27)22-41-37(44)28-20-33(35-34(21-28)48-39(49-35,29-11-12-29)30-13-14-30)47-38(45)26-9-6-23(7-10-26)4-5-24-8-15-31-32(19-24)46-31/h1-7,9-10,18,21,24,29-35,42H,8,11-17,19-20,22H2,(H,40,43)(H,41,44)/t24?,31?,32?,33-,34-,35+/m1/s1. The Morgan fingerprint density at radius 2 is 1.69 bits per heavy atom. The second-order valence-corrected chi connectivity index (χ2v) is 14.4. The number of ether oxygens (including phenoxy) is 4. The Balaban J connectivity index is 0.946. The predicted octanol–water partition coefficient (Wildman–Crippen LogP) is 4.46. The normalized spacial score (nSPS) is 29.8. The van der Waals surface area contributed by atoms with Gasteiger partial charge in [-0.1, -0.05) is 36.4 Å². The highest BCUT2D eigenvalue weighted by Crippen LogP contribution is 2.59. The minimum Gasteiger partial charge on any atom is -0.456 e. The zero-order chi connectivity index (χ0) is 33.5. The van der Waals surface area contributed by atoms with Crippen LogP contribution in [0.2, 0.25) is 0 Å². The molecular formula is C39H44N2O8. The van der Waals surface area contributed by atoms with E-state index in [1.165, 1.54) is 0 Å². The molecule has 0 aromatic heterocycles. The van der Waals surface area contributed by atoms with Crippen molar-refractivity contribution in [2.24, 2.45) is 17.8 Å². The number of aliphatic hydroxyl groups is 1. The van der Waals surface area contributed by atoms with Crippen molar-refractivity contribution in [3.63, 3.8) is 0 Å². The molecule has 0 radical (unpaired) electrons. The Morgan fingerprint density at radius 1 is 0.898 bits per heavy atom. The predicted molar refractivity (Wildman–Crippen MR) is 179 cm³/mol. The van der Waals surface area contributed by atoms with E-state index in [2.05, 4.69) is 22.8 Å². The smallest absolute Gasteiger partial charge is 0.338 e. The number of epoxide rings is 1. The van der Waals surface area contributed by atoms with E-state index >= 15 is 0 Å². The Hall–Kier alpha value is -3.83. The first-order chi connectivity index (χ1) is 23.9. The lowest BCUT2D eigenvalue weighted by atomic mass is 9.89. The third kappa shape index (κ3) is 7.10. The molecule has 2 aromatic rings. The van der Waals surface area contributed by atoms with Crippen LogP contribution in [0.3, 0.4) is 0 Å². The van der Waals surface area contributed by atoms with Gasteiger partial charge in [0.25, 0.3) is 5.91 Å². The van der Waals surface area contributed by atoms with E-state index in [1.54, 1.807) is 30.3 Å². The fourth-order valence-corrected chi connectivity index (χ4v) is 7.75. The molecule has 258 valence electrons. The lowest BCUT2D eigenvalue weighted by Gasteiger charge is -2.31. The van der Waals surface area contributed by atoms with E-state index in [0.29, 0.717) is 46.7 Å². The summed E-state index contributed by atoms with van der Waals surface area (Å²) >= 11 is 0. The van der Waals surface area contributed by atoms with Crippen molar-refractivity contribution in [1.29, 1.82) is 0 Å². The van der Waals surface area contributed by atoms with Gasteiger partial charge in [-0.25, -0.2) is 4.79 Å². The van der Waals surface area contributed by atoms with Crippen molar-refractivity contribution in [3.8, 4) is 0 Å². The molecule has 2 aromatic carbocycles. The minimum absolute atomic E-state index is 0.145. The summed E-state index contributed by atoms with van der Waals surface area (Å²) in [5.41, 5.74) is 3.15. The molecule has 10 heteroatoms. The molecule has 3 N–H and O–H groups in total. The number of benzene rings is 2. The van der Waals surface area contributed by atoms with E-state index in [-0.39, 0.29) is 37.9 Å². The van der Waals surface area contributed by atoms with Crippen LogP contribution in [0.5, 0.6) is 0 Å². The van der Waals surface area contributed by atoms with Gasteiger partial charge in [0.1, 0.15) is 18.3 Å². The van der Waals surface area contributed by atoms with Crippen LogP contribution in [0, 0.1) is 17.8 Å². The summed E-state index contributed by atoms with van der Waals surface area (Å²) in [5.74, 6) is -0.555. The van der Waals surface area contributed by atoms with Gasteiger partial charge in [-0.2, -0.15) is 0 Å². The van der Waals surface area contributed by atoms with Gasteiger partial charge in [0, 0.05) is 42.5 Å². The topological polar surface area (TPSA) is 136 Å². The molecule has 2 saturated heterocycles. The van der Waals surface area contributed by atoms with Crippen LogP contribution in [0.1, 0.15) is 83.2 Å². The highest BCUT2D eigenvalue weighted by molar-refractivity contribution is 5.95. The molecule has 6 aliphatic rings. The molecule has 0 spiro atoms. The lowest BCUT2D eigenvalue weighted by Crippen LogP contribution is -2.44. The van der Waals surface area contributed by atoms with Crippen molar-refractivity contribution in [1.82, 2.24) is 10.6 Å². The fourth-order valence-electron chi connectivity index (χ4n) is 7.75.